The Kier molecular flexibility index (Phi) is 2.41. The summed E-state index contributed by atoms with van der Waals surface area (Å²) in [6, 6.07) is 1.06. The number of aldehydes is 1. The van der Waals surface area contributed by atoms with Gasteiger partial charge >= 0.3 is 0 Å². The van der Waals surface area contributed by atoms with Gasteiger partial charge in [0.1, 0.15) is 11.6 Å². The Labute approximate surface area is 72.6 Å². The van der Waals surface area contributed by atoms with E-state index >= 15 is 0 Å². The van der Waals surface area contributed by atoms with Crippen LogP contribution in [-0.2, 0) is 0 Å². The molecular formula is C7H7F2N3O. The minimum atomic E-state index is -2.83. The molecule has 70 valence electrons. The first kappa shape index (κ1) is 9.37. The molecule has 4 nitrogen and oxygen atoms in total. The standard InChI is InChI=1S/C7H7F2N3O/c8-6(9)5-3(2-13)1-4(10)12-7(5)11/h1-2,6H,(H4,10,11,12). The molecule has 0 aliphatic carbocycles. The largest absolute Gasteiger partial charge is 0.384 e. The van der Waals surface area contributed by atoms with Gasteiger partial charge in [0.05, 0.1) is 5.56 Å². The monoisotopic (exact) mass is 187 g/mol. The molecule has 0 saturated carbocycles. The summed E-state index contributed by atoms with van der Waals surface area (Å²) in [5, 5.41) is 0. The summed E-state index contributed by atoms with van der Waals surface area (Å²) >= 11 is 0. The van der Waals surface area contributed by atoms with Crippen LogP contribution in [0.4, 0.5) is 20.4 Å². The van der Waals surface area contributed by atoms with Crippen LogP contribution in [0.15, 0.2) is 6.07 Å². The molecule has 13 heavy (non-hydrogen) atoms. The lowest BCUT2D eigenvalue weighted by molar-refractivity contribution is 0.110. The van der Waals surface area contributed by atoms with Gasteiger partial charge in [-0.1, -0.05) is 0 Å². The highest BCUT2D eigenvalue weighted by molar-refractivity contribution is 5.81. The van der Waals surface area contributed by atoms with Crippen LogP contribution in [0.2, 0.25) is 0 Å². The van der Waals surface area contributed by atoms with E-state index in [0.29, 0.717) is 0 Å². The number of anilines is 2. The summed E-state index contributed by atoms with van der Waals surface area (Å²) in [7, 11) is 0. The van der Waals surface area contributed by atoms with Gasteiger partial charge in [-0.2, -0.15) is 0 Å². The van der Waals surface area contributed by atoms with Crippen LogP contribution in [0, 0.1) is 0 Å². The average molecular weight is 187 g/mol. The third-order valence-corrected chi connectivity index (χ3v) is 1.49. The van der Waals surface area contributed by atoms with Crippen molar-refractivity contribution in [2.24, 2.45) is 0 Å². The van der Waals surface area contributed by atoms with E-state index in [1.165, 1.54) is 0 Å². The van der Waals surface area contributed by atoms with Crippen LogP contribution in [0.25, 0.3) is 0 Å². The summed E-state index contributed by atoms with van der Waals surface area (Å²) < 4.78 is 24.6. The van der Waals surface area contributed by atoms with Gasteiger partial charge in [0, 0.05) is 5.56 Å². The van der Waals surface area contributed by atoms with Gasteiger partial charge in [0.25, 0.3) is 6.43 Å². The molecule has 0 atom stereocenters. The number of halogens is 2. The molecule has 0 spiro atoms. The average Bonchev–Trinajstić information content (AvgIpc) is 2.01. The number of alkyl halides is 2. The number of carbonyl (C=O) groups is 1. The van der Waals surface area contributed by atoms with Crippen molar-refractivity contribution >= 4 is 17.9 Å². The number of rotatable bonds is 2. The van der Waals surface area contributed by atoms with Crippen LogP contribution >= 0.6 is 0 Å². The van der Waals surface area contributed by atoms with Crippen LogP contribution in [-0.4, -0.2) is 11.3 Å². The molecule has 0 saturated heterocycles. The van der Waals surface area contributed by atoms with Gasteiger partial charge < -0.3 is 11.5 Å². The second-order valence-electron chi connectivity index (χ2n) is 2.35. The van der Waals surface area contributed by atoms with E-state index in [9.17, 15) is 13.6 Å². The van der Waals surface area contributed by atoms with Crippen molar-refractivity contribution in [2.75, 3.05) is 11.5 Å². The highest BCUT2D eigenvalue weighted by atomic mass is 19.3. The highest BCUT2D eigenvalue weighted by Crippen LogP contribution is 2.27. The van der Waals surface area contributed by atoms with Crippen molar-refractivity contribution in [1.82, 2.24) is 4.98 Å². The van der Waals surface area contributed by atoms with Crippen LogP contribution in [0.3, 0.4) is 0 Å². The normalized spacial score (nSPS) is 10.4. The van der Waals surface area contributed by atoms with Crippen molar-refractivity contribution in [2.45, 2.75) is 6.43 Å². The summed E-state index contributed by atoms with van der Waals surface area (Å²) in [5.74, 6) is -0.457. The van der Waals surface area contributed by atoms with E-state index < -0.39 is 17.8 Å². The second kappa shape index (κ2) is 3.34. The van der Waals surface area contributed by atoms with Crippen molar-refractivity contribution < 1.29 is 13.6 Å². The maximum Gasteiger partial charge on any atom is 0.268 e. The maximum atomic E-state index is 12.3. The fraction of sp³-hybridized carbons (Fsp3) is 0.143. The quantitative estimate of drug-likeness (QED) is 0.676. The molecule has 1 rings (SSSR count). The minimum Gasteiger partial charge on any atom is -0.384 e. The van der Waals surface area contributed by atoms with E-state index in [1.807, 2.05) is 0 Å². The summed E-state index contributed by atoms with van der Waals surface area (Å²) in [6.45, 7) is 0. The predicted octanol–water partition coefficient (Wildman–Crippen LogP) is 0.996. The molecule has 0 aromatic carbocycles. The zero-order valence-electron chi connectivity index (χ0n) is 6.50. The lowest BCUT2D eigenvalue weighted by atomic mass is 10.1. The van der Waals surface area contributed by atoms with Crippen molar-refractivity contribution in [3.8, 4) is 0 Å². The SMILES string of the molecule is Nc1cc(C=O)c(C(F)F)c(N)n1. The minimum absolute atomic E-state index is 0.0519. The number of aromatic nitrogens is 1. The third kappa shape index (κ3) is 1.71. The molecule has 0 unspecified atom stereocenters. The van der Waals surface area contributed by atoms with E-state index in [0.717, 1.165) is 6.07 Å². The van der Waals surface area contributed by atoms with E-state index in [4.69, 9.17) is 11.5 Å². The number of pyridine rings is 1. The topological polar surface area (TPSA) is 82.0 Å². The molecule has 0 fully saturated rings. The van der Waals surface area contributed by atoms with Crippen LogP contribution in [0.1, 0.15) is 22.3 Å². The summed E-state index contributed by atoms with van der Waals surface area (Å²) in [6.07, 6.45) is -2.55. The molecule has 0 bridgehead atoms. The van der Waals surface area contributed by atoms with Gasteiger partial charge in [-0.25, -0.2) is 13.8 Å². The fourth-order valence-electron chi connectivity index (χ4n) is 0.952. The Hall–Kier alpha value is -1.72. The Morgan fingerprint density at radius 2 is 2.08 bits per heavy atom. The molecule has 1 aromatic rings. The number of hydrogen-bond acceptors (Lipinski definition) is 4. The molecule has 0 aliphatic heterocycles. The molecule has 0 aliphatic rings. The zero-order valence-corrected chi connectivity index (χ0v) is 6.50. The van der Waals surface area contributed by atoms with Gasteiger partial charge in [0.2, 0.25) is 0 Å². The molecule has 1 heterocycles. The number of nitrogen functional groups attached to an aromatic ring is 2. The summed E-state index contributed by atoms with van der Waals surface area (Å²) in [4.78, 5) is 13.8. The Morgan fingerprint density at radius 1 is 1.46 bits per heavy atom. The molecule has 1 aromatic heterocycles. The fourth-order valence-corrected chi connectivity index (χ4v) is 0.952. The highest BCUT2D eigenvalue weighted by Gasteiger charge is 2.17. The van der Waals surface area contributed by atoms with Crippen molar-refractivity contribution in [3.05, 3.63) is 17.2 Å². The van der Waals surface area contributed by atoms with Crippen LogP contribution < -0.4 is 11.5 Å². The molecule has 4 N–H and O–H groups in total. The van der Waals surface area contributed by atoms with E-state index in [1.54, 1.807) is 0 Å². The molecule has 6 heteroatoms. The van der Waals surface area contributed by atoms with E-state index in [2.05, 4.69) is 4.98 Å². The second-order valence-corrected chi connectivity index (χ2v) is 2.35. The molecular weight excluding hydrogens is 180 g/mol. The lowest BCUT2D eigenvalue weighted by Gasteiger charge is -2.06. The first-order valence-corrected chi connectivity index (χ1v) is 3.35. The number of carbonyl (C=O) groups excluding carboxylic acids is 1. The smallest absolute Gasteiger partial charge is 0.268 e. The van der Waals surface area contributed by atoms with Gasteiger partial charge in [-0.15, -0.1) is 0 Å². The first-order chi connectivity index (χ1) is 6.06. The van der Waals surface area contributed by atoms with Gasteiger partial charge in [0.15, 0.2) is 6.29 Å². The lowest BCUT2D eigenvalue weighted by Crippen LogP contribution is -2.05. The van der Waals surface area contributed by atoms with Crippen molar-refractivity contribution in [1.29, 1.82) is 0 Å². The molecule has 0 amide bonds. The Bertz CT molecular complexity index is 341. The summed E-state index contributed by atoms with van der Waals surface area (Å²) in [5.41, 5.74) is 9.59. The molecule has 0 radical (unpaired) electrons. The zero-order chi connectivity index (χ0) is 10.0. The number of nitrogens with zero attached hydrogens (tertiary/aromatic N) is 1. The van der Waals surface area contributed by atoms with Gasteiger partial charge in [-0.3, -0.25) is 4.79 Å². The Balaban J connectivity index is 3.38. The maximum absolute atomic E-state index is 12.3. The van der Waals surface area contributed by atoms with E-state index in [-0.39, 0.29) is 17.7 Å². The van der Waals surface area contributed by atoms with Gasteiger partial charge in [-0.05, 0) is 6.07 Å². The number of hydrogen-bond donors (Lipinski definition) is 2. The predicted molar refractivity (Wildman–Crippen MR) is 43.4 cm³/mol. The Morgan fingerprint density at radius 3 is 2.54 bits per heavy atom. The first-order valence-electron chi connectivity index (χ1n) is 3.35. The van der Waals surface area contributed by atoms with Crippen molar-refractivity contribution in [3.63, 3.8) is 0 Å². The third-order valence-electron chi connectivity index (χ3n) is 1.49. The van der Waals surface area contributed by atoms with Crippen LogP contribution in [0.5, 0.6) is 0 Å². The number of nitrogens with two attached hydrogens (primary N) is 2.